The summed E-state index contributed by atoms with van der Waals surface area (Å²) in [4.78, 5) is 14.6. The Bertz CT molecular complexity index is 617. The molecule has 0 unspecified atom stereocenters. The molecule has 0 saturated heterocycles. The molecule has 2 N–H and O–H groups in total. The molecule has 0 radical (unpaired) electrons. The Hall–Kier alpha value is -2.07. The first-order chi connectivity index (χ1) is 10.1. The highest BCUT2D eigenvalue weighted by Gasteiger charge is 2.35. The average molecular weight is 284 g/mol. The number of carbonyl (C=O) groups excluding carboxylic acids is 1. The van der Waals surface area contributed by atoms with Crippen molar-refractivity contribution in [2.45, 2.75) is 38.4 Å². The minimum absolute atomic E-state index is 0.0299. The summed E-state index contributed by atoms with van der Waals surface area (Å²) in [5.41, 5.74) is 6.99. The number of furan rings is 1. The molecule has 1 aromatic heterocycles. The number of amides is 1. The van der Waals surface area contributed by atoms with E-state index in [4.69, 9.17) is 10.2 Å². The summed E-state index contributed by atoms with van der Waals surface area (Å²) in [6.45, 7) is 2.40. The van der Waals surface area contributed by atoms with Crippen LogP contribution >= 0.6 is 0 Å². The van der Waals surface area contributed by atoms with E-state index in [1.165, 1.54) is 0 Å². The molecule has 4 nitrogen and oxygen atoms in total. The summed E-state index contributed by atoms with van der Waals surface area (Å²) in [6.07, 6.45) is 2.10. The molecule has 1 amide bonds. The van der Waals surface area contributed by atoms with Gasteiger partial charge in [-0.05, 0) is 37.5 Å². The summed E-state index contributed by atoms with van der Waals surface area (Å²) < 4.78 is 5.59. The van der Waals surface area contributed by atoms with E-state index in [-0.39, 0.29) is 5.91 Å². The van der Waals surface area contributed by atoms with Gasteiger partial charge in [0.25, 0.3) is 0 Å². The summed E-state index contributed by atoms with van der Waals surface area (Å²) in [7, 11) is 0. The van der Waals surface area contributed by atoms with E-state index in [1.54, 1.807) is 0 Å². The molecule has 1 aromatic carbocycles. The van der Waals surface area contributed by atoms with Crippen molar-refractivity contribution in [1.29, 1.82) is 0 Å². The predicted molar refractivity (Wildman–Crippen MR) is 80.4 cm³/mol. The molecule has 2 aromatic rings. The van der Waals surface area contributed by atoms with Gasteiger partial charge in [0.05, 0.1) is 6.54 Å². The summed E-state index contributed by atoms with van der Waals surface area (Å²) in [5.74, 6) is 1.64. The van der Waals surface area contributed by atoms with Crippen molar-refractivity contribution in [3.05, 3.63) is 59.5 Å². The van der Waals surface area contributed by atoms with Crippen LogP contribution in [0.15, 0.2) is 46.9 Å². The van der Waals surface area contributed by atoms with E-state index in [0.717, 1.165) is 29.9 Å². The molecule has 1 atom stereocenters. The fourth-order valence-corrected chi connectivity index (χ4v) is 2.49. The number of rotatable bonds is 5. The van der Waals surface area contributed by atoms with E-state index in [2.05, 4.69) is 0 Å². The highest BCUT2D eigenvalue weighted by Crippen LogP contribution is 2.30. The van der Waals surface area contributed by atoms with Crippen LogP contribution in [-0.2, 0) is 11.3 Å². The number of carbonyl (C=O) groups is 1. The summed E-state index contributed by atoms with van der Waals surface area (Å²) >= 11 is 0. The van der Waals surface area contributed by atoms with Crippen molar-refractivity contribution >= 4 is 5.91 Å². The average Bonchev–Trinajstić information content (AvgIpc) is 3.27. The maximum absolute atomic E-state index is 12.7. The van der Waals surface area contributed by atoms with Gasteiger partial charge in [-0.2, -0.15) is 0 Å². The van der Waals surface area contributed by atoms with Gasteiger partial charge in [-0.25, -0.2) is 0 Å². The first-order valence-corrected chi connectivity index (χ1v) is 7.31. The molecule has 110 valence electrons. The van der Waals surface area contributed by atoms with Crippen molar-refractivity contribution in [3.8, 4) is 0 Å². The largest absolute Gasteiger partial charge is 0.464 e. The third-order valence-electron chi connectivity index (χ3n) is 3.82. The van der Waals surface area contributed by atoms with Crippen LogP contribution < -0.4 is 5.73 Å². The van der Waals surface area contributed by atoms with E-state index >= 15 is 0 Å². The number of hydrogen-bond acceptors (Lipinski definition) is 3. The van der Waals surface area contributed by atoms with E-state index in [1.807, 2.05) is 54.3 Å². The molecule has 0 spiro atoms. The molecule has 1 saturated carbocycles. The highest BCUT2D eigenvalue weighted by atomic mass is 16.3. The van der Waals surface area contributed by atoms with E-state index in [9.17, 15) is 4.79 Å². The van der Waals surface area contributed by atoms with Gasteiger partial charge in [0, 0.05) is 6.04 Å². The van der Waals surface area contributed by atoms with Crippen LogP contribution in [0.4, 0.5) is 0 Å². The van der Waals surface area contributed by atoms with Gasteiger partial charge < -0.3 is 15.1 Å². The Labute approximate surface area is 124 Å². The van der Waals surface area contributed by atoms with Gasteiger partial charge in [-0.15, -0.1) is 0 Å². The number of hydrogen-bond donors (Lipinski definition) is 1. The quantitative estimate of drug-likeness (QED) is 0.918. The van der Waals surface area contributed by atoms with Gasteiger partial charge in [0.2, 0.25) is 5.91 Å². The number of aryl methyl sites for hydroxylation is 1. The summed E-state index contributed by atoms with van der Waals surface area (Å²) in [5, 5.41) is 0. The molecule has 21 heavy (non-hydrogen) atoms. The normalized spacial score (nSPS) is 15.7. The van der Waals surface area contributed by atoms with E-state index < -0.39 is 6.04 Å². The second-order valence-corrected chi connectivity index (χ2v) is 5.60. The third-order valence-corrected chi connectivity index (χ3v) is 3.82. The van der Waals surface area contributed by atoms with Crippen LogP contribution in [0.2, 0.25) is 0 Å². The smallest absolute Gasteiger partial charge is 0.244 e. The van der Waals surface area contributed by atoms with Crippen LogP contribution in [-0.4, -0.2) is 16.8 Å². The maximum atomic E-state index is 12.7. The van der Waals surface area contributed by atoms with Gasteiger partial charge in [-0.3, -0.25) is 4.79 Å². The van der Waals surface area contributed by atoms with Crippen LogP contribution in [0, 0.1) is 6.92 Å². The second kappa shape index (κ2) is 5.74. The second-order valence-electron chi connectivity index (χ2n) is 5.60. The van der Waals surface area contributed by atoms with Crippen LogP contribution in [0.3, 0.4) is 0 Å². The Morgan fingerprint density at radius 3 is 2.57 bits per heavy atom. The topological polar surface area (TPSA) is 59.5 Å². The maximum Gasteiger partial charge on any atom is 0.244 e. The molecule has 1 aliphatic rings. The Morgan fingerprint density at radius 1 is 1.29 bits per heavy atom. The van der Waals surface area contributed by atoms with Crippen molar-refractivity contribution in [2.24, 2.45) is 5.73 Å². The van der Waals surface area contributed by atoms with Crippen LogP contribution in [0.5, 0.6) is 0 Å². The molecule has 0 bridgehead atoms. The van der Waals surface area contributed by atoms with Gasteiger partial charge in [0.15, 0.2) is 0 Å². The minimum Gasteiger partial charge on any atom is -0.464 e. The Kier molecular flexibility index (Phi) is 3.80. The van der Waals surface area contributed by atoms with E-state index in [0.29, 0.717) is 12.6 Å². The minimum atomic E-state index is -0.608. The predicted octanol–water partition coefficient (Wildman–Crippen LogP) is 2.78. The van der Waals surface area contributed by atoms with Gasteiger partial charge in [-0.1, -0.05) is 30.3 Å². The fourth-order valence-electron chi connectivity index (χ4n) is 2.49. The lowest BCUT2D eigenvalue weighted by Gasteiger charge is -2.25. The molecule has 0 aliphatic heterocycles. The summed E-state index contributed by atoms with van der Waals surface area (Å²) in [6, 6.07) is 13.1. The standard InChI is InChI=1S/C17H20N2O2/c1-12-7-10-15(21-12)11-19(14-8-9-14)17(20)16(18)13-5-3-2-4-6-13/h2-7,10,14,16H,8-9,11,18H2,1H3/t16-/m1/s1. The van der Waals surface area contributed by atoms with Crippen molar-refractivity contribution in [1.82, 2.24) is 4.90 Å². The van der Waals surface area contributed by atoms with Crippen molar-refractivity contribution in [2.75, 3.05) is 0 Å². The molecule has 4 heteroatoms. The molecule has 3 rings (SSSR count). The number of nitrogens with zero attached hydrogens (tertiary/aromatic N) is 1. The first kappa shape index (κ1) is 13.9. The Morgan fingerprint density at radius 2 is 2.00 bits per heavy atom. The lowest BCUT2D eigenvalue weighted by molar-refractivity contribution is -0.134. The monoisotopic (exact) mass is 284 g/mol. The van der Waals surface area contributed by atoms with Crippen LogP contribution in [0.25, 0.3) is 0 Å². The molecule has 1 fully saturated rings. The SMILES string of the molecule is Cc1ccc(CN(C(=O)[C@H](N)c2ccccc2)C2CC2)o1. The molecule has 1 aliphatic carbocycles. The Balaban J connectivity index is 1.76. The zero-order chi connectivity index (χ0) is 14.8. The van der Waals surface area contributed by atoms with Crippen molar-refractivity contribution in [3.63, 3.8) is 0 Å². The zero-order valence-corrected chi connectivity index (χ0v) is 12.2. The number of benzene rings is 1. The fraction of sp³-hybridized carbons (Fsp3) is 0.353. The van der Waals surface area contributed by atoms with Crippen molar-refractivity contribution < 1.29 is 9.21 Å². The molecular weight excluding hydrogens is 264 g/mol. The molecule has 1 heterocycles. The van der Waals surface area contributed by atoms with Gasteiger partial charge >= 0.3 is 0 Å². The highest BCUT2D eigenvalue weighted by molar-refractivity contribution is 5.83. The van der Waals surface area contributed by atoms with Crippen LogP contribution in [0.1, 0.15) is 36.0 Å². The third kappa shape index (κ3) is 3.16. The van der Waals surface area contributed by atoms with Gasteiger partial charge in [0.1, 0.15) is 17.6 Å². The molecular formula is C17H20N2O2. The zero-order valence-electron chi connectivity index (χ0n) is 12.2. The first-order valence-electron chi connectivity index (χ1n) is 7.31. The number of nitrogens with two attached hydrogens (primary N) is 1. The lowest BCUT2D eigenvalue weighted by atomic mass is 10.1. The lowest BCUT2D eigenvalue weighted by Crippen LogP contribution is -2.39.